The molecule has 2 rings (SSSR count). The molecule has 2 saturated carbocycles. The number of nitriles is 1. The topological polar surface area (TPSA) is 23.8 Å². The molecule has 0 spiro atoms. The molecule has 2 fully saturated rings. The van der Waals surface area contributed by atoms with Crippen molar-refractivity contribution in [1.29, 1.82) is 5.26 Å². The highest BCUT2D eigenvalue weighted by atomic mass is 14.4. The van der Waals surface area contributed by atoms with E-state index in [1.807, 2.05) is 0 Å². The Kier molecular flexibility index (Phi) is 6.59. The molecule has 2 aliphatic rings. The van der Waals surface area contributed by atoms with Gasteiger partial charge in [0, 0.05) is 5.92 Å². The van der Waals surface area contributed by atoms with Gasteiger partial charge in [-0.2, -0.15) is 5.26 Å². The summed E-state index contributed by atoms with van der Waals surface area (Å²) in [5.74, 6) is 5.09. The van der Waals surface area contributed by atoms with E-state index in [1.165, 1.54) is 57.8 Å². The van der Waals surface area contributed by atoms with Crippen molar-refractivity contribution in [2.75, 3.05) is 0 Å². The number of rotatable bonds is 5. The Bertz CT molecular complexity index is 326. The molecule has 2 unspecified atom stereocenters. The van der Waals surface area contributed by atoms with E-state index in [4.69, 9.17) is 5.26 Å². The van der Waals surface area contributed by atoms with Crippen LogP contribution in [0.5, 0.6) is 0 Å². The van der Waals surface area contributed by atoms with Crippen molar-refractivity contribution < 1.29 is 0 Å². The summed E-state index contributed by atoms with van der Waals surface area (Å²) >= 11 is 0. The molecule has 1 heteroatoms. The lowest BCUT2D eigenvalue weighted by molar-refractivity contribution is 0.128. The van der Waals surface area contributed by atoms with Crippen LogP contribution in [-0.4, -0.2) is 0 Å². The summed E-state index contributed by atoms with van der Waals surface area (Å²) in [6.07, 6.45) is 14.2. The lowest BCUT2D eigenvalue weighted by Gasteiger charge is -2.38. The predicted octanol–water partition coefficient (Wildman–Crippen LogP) is 6.20. The second-order valence-corrected chi connectivity index (χ2v) is 8.28. The first-order chi connectivity index (χ1) is 10.1. The van der Waals surface area contributed by atoms with Crippen LogP contribution in [0.3, 0.4) is 0 Å². The highest BCUT2D eigenvalue weighted by Crippen LogP contribution is 2.43. The summed E-state index contributed by atoms with van der Waals surface area (Å²) in [5, 5.41) is 8.91. The van der Waals surface area contributed by atoms with Gasteiger partial charge in [-0.15, -0.1) is 0 Å². The molecular formula is C20H35N. The molecule has 0 aromatic heterocycles. The summed E-state index contributed by atoms with van der Waals surface area (Å²) in [6.45, 7) is 6.92. The lowest BCUT2D eigenvalue weighted by Crippen LogP contribution is -2.27. The van der Waals surface area contributed by atoms with Crippen molar-refractivity contribution in [1.82, 2.24) is 0 Å². The van der Waals surface area contributed by atoms with Crippen LogP contribution in [0, 0.1) is 46.8 Å². The van der Waals surface area contributed by atoms with Gasteiger partial charge in [-0.25, -0.2) is 0 Å². The fraction of sp³-hybridized carbons (Fsp3) is 0.950. The fourth-order valence-electron chi connectivity index (χ4n) is 4.76. The highest BCUT2D eigenvalue weighted by Gasteiger charge is 2.31. The van der Waals surface area contributed by atoms with Gasteiger partial charge < -0.3 is 0 Å². The molecule has 0 radical (unpaired) electrons. The van der Waals surface area contributed by atoms with E-state index in [9.17, 15) is 0 Å². The molecule has 2 aliphatic carbocycles. The average Bonchev–Trinajstić information content (AvgIpc) is 2.53. The van der Waals surface area contributed by atoms with Gasteiger partial charge in [0.05, 0.1) is 6.07 Å². The van der Waals surface area contributed by atoms with Gasteiger partial charge in [-0.1, -0.05) is 26.7 Å². The first-order valence-corrected chi connectivity index (χ1v) is 9.49. The summed E-state index contributed by atoms with van der Waals surface area (Å²) < 4.78 is 0. The minimum atomic E-state index is 0.244. The standard InChI is InChI=1S/C20H35N/c1-15-5-8-19(9-6-15)20-12-10-18(11-13-20)17(3)7-4-16(2)14-21/h15-20H,4-13H2,1-3H3. The van der Waals surface area contributed by atoms with Crippen LogP contribution < -0.4 is 0 Å². The third-order valence-corrected chi connectivity index (χ3v) is 6.62. The van der Waals surface area contributed by atoms with Crippen molar-refractivity contribution in [2.24, 2.45) is 35.5 Å². The van der Waals surface area contributed by atoms with E-state index in [1.54, 1.807) is 0 Å². The third-order valence-electron chi connectivity index (χ3n) is 6.62. The van der Waals surface area contributed by atoms with Gasteiger partial charge in [0.1, 0.15) is 0 Å². The molecular weight excluding hydrogens is 254 g/mol. The van der Waals surface area contributed by atoms with Crippen LogP contribution in [0.4, 0.5) is 0 Å². The Labute approximate surface area is 132 Å². The number of nitrogens with zero attached hydrogens (tertiary/aromatic N) is 1. The van der Waals surface area contributed by atoms with Crippen LogP contribution in [0.2, 0.25) is 0 Å². The molecule has 0 saturated heterocycles. The quantitative estimate of drug-likeness (QED) is 0.591. The SMILES string of the molecule is CC(C#N)CCC(C)C1CCC(C2CCC(C)CC2)CC1. The molecule has 0 aliphatic heterocycles. The maximum Gasteiger partial charge on any atom is 0.0652 e. The first-order valence-electron chi connectivity index (χ1n) is 9.49. The molecule has 0 N–H and O–H groups in total. The fourth-order valence-corrected chi connectivity index (χ4v) is 4.76. The monoisotopic (exact) mass is 289 g/mol. The smallest absolute Gasteiger partial charge is 0.0652 e. The maximum atomic E-state index is 8.91. The van der Waals surface area contributed by atoms with Gasteiger partial charge in [0.25, 0.3) is 0 Å². The minimum absolute atomic E-state index is 0.244. The normalized spacial score (nSPS) is 36.7. The average molecular weight is 290 g/mol. The van der Waals surface area contributed by atoms with Crippen LogP contribution in [-0.2, 0) is 0 Å². The molecule has 21 heavy (non-hydrogen) atoms. The van der Waals surface area contributed by atoms with E-state index >= 15 is 0 Å². The highest BCUT2D eigenvalue weighted by molar-refractivity contribution is 4.84. The van der Waals surface area contributed by atoms with E-state index < -0.39 is 0 Å². The number of hydrogen-bond acceptors (Lipinski definition) is 1. The molecule has 1 nitrogen and oxygen atoms in total. The Morgan fingerprint density at radius 1 is 0.857 bits per heavy atom. The van der Waals surface area contributed by atoms with Gasteiger partial charge >= 0.3 is 0 Å². The Hall–Kier alpha value is -0.510. The molecule has 0 aromatic carbocycles. The van der Waals surface area contributed by atoms with Crippen LogP contribution >= 0.6 is 0 Å². The summed E-state index contributed by atoms with van der Waals surface area (Å²) in [7, 11) is 0. The molecule has 0 aromatic rings. The van der Waals surface area contributed by atoms with Gasteiger partial charge in [0.2, 0.25) is 0 Å². The summed E-state index contributed by atoms with van der Waals surface area (Å²) in [5.41, 5.74) is 0. The van der Waals surface area contributed by atoms with Crippen molar-refractivity contribution in [3.63, 3.8) is 0 Å². The Balaban J connectivity index is 1.69. The van der Waals surface area contributed by atoms with E-state index in [-0.39, 0.29) is 5.92 Å². The molecule has 0 heterocycles. The minimum Gasteiger partial charge on any atom is -0.198 e. The third kappa shape index (κ3) is 5.01. The van der Waals surface area contributed by atoms with Crippen LogP contribution in [0.25, 0.3) is 0 Å². The van der Waals surface area contributed by atoms with E-state index in [0.29, 0.717) is 0 Å². The number of hydrogen-bond donors (Lipinski definition) is 0. The van der Waals surface area contributed by atoms with Crippen molar-refractivity contribution in [2.45, 2.75) is 85.0 Å². The largest absolute Gasteiger partial charge is 0.198 e. The predicted molar refractivity (Wildman–Crippen MR) is 89.7 cm³/mol. The zero-order valence-corrected chi connectivity index (χ0v) is 14.5. The molecule has 2 atom stereocenters. The van der Waals surface area contributed by atoms with Crippen molar-refractivity contribution >= 4 is 0 Å². The van der Waals surface area contributed by atoms with Crippen LogP contribution in [0.1, 0.15) is 85.0 Å². The lowest BCUT2D eigenvalue weighted by atomic mass is 9.67. The molecule has 120 valence electrons. The first kappa shape index (κ1) is 16.9. The second-order valence-electron chi connectivity index (χ2n) is 8.28. The zero-order chi connectivity index (χ0) is 15.2. The summed E-state index contributed by atoms with van der Waals surface area (Å²) in [6, 6.07) is 2.38. The van der Waals surface area contributed by atoms with Gasteiger partial charge in [-0.3, -0.25) is 0 Å². The Morgan fingerprint density at radius 3 is 1.90 bits per heavy atom. The van der Waals surface area contributed by atoms with Crippen molar-refractivity contribution in [3.05, 3.63) is 0 Å². The van der Waals surface area contributed by atoms with Crippen LogP contribution in [0.15, 0.2) is 0 Å². The summed E-state index contributed by atoms with van der Waals surface area (Å²) in [4.78, 5) is 0. The maximum absolute atomic E-state index is 8.91. The zero-order valence-electron chi connectivity index (χ0n) is 14.5. The Morgan fingerprint density at radius 2 is 1.38 bits per heavy atom. The van der Waals surface area contributed by atoms with Gasteiger partial charge in [0.15, 0.2) is 0 Å². The molecule has 0 amide bonds. The van der Waals surface area contributed by atoms with Crippen molar-refractivity contribution in [3.8, 4) is 6.07 Å². The molecule has 0 bridgehead atoms. The second kappa shape index (κ2) is 8.21. The van der Waals surface area contributed by atoms with E-state index in [2.05, 4.69) is 26.8 Å². The van der Waals surface area contributed by atoms with Gasteiger partial charge in [-0.05, 0) is 87.9 Å². The van der Waals surface area contributed by atoms with E-state index in [0.717, 1.165) is 36.0 Å².